The first kappa shape index (κ1) is 14.0. The fourth-order valence-electron chi connectivity index (χ4n) is 2.94. The molecule has 1 saturated heterocycles. The lowest BCUT2D eigenvalue weighted by Gasteiger charge is -2.34. The van der Waals surface area contributed by atoms with Crippen LogP contribution in [0, 0.1) is 5.92 Å². The number of nitrogens with zero attached hydrogens (tertiary/aromatic N) is 1. The molecule has 1 N–H and O–H groups in total. The minimum absolute atomic E-state index is 0.640. The van der Waals surface area contributed by atoms with Gasteiger partial charge < -0.3 is 10.2 Å². The van der Waals surface area contributed by atoms with Gasteiger partial charge in [-0.25, -0.2) is 0 Å². The summed E-state index contributed by atoms with van der Waals surface area (Å²) in [6.45, 7) is 3.54. The Morgan fingerprint density at radius 2 is 2.11 bits per heavy atom. The third-order valence-electron chi connectivity index (χ3n) is 4.03. The minimum Gasteiger partial charge on any atom is -0.319 e. The average Bonchev–Trinajstić information content (AvgIpc) is 2.37. The molecule has 18 heavy (non-hydrogen) atoms. The Hall–Kier alpha value is -0.380. The predicted octanol–water partition coefficient (Wildman–Crippen LogP) is 3.09. The van der Waals surface area contributed by atoms with Gasteiger partial charge in [0, 0.05) is 11.0 Å². The van der Waals surface area contributed by atoms with E-state index in [0.29, 0.717) is 5.92 Å². The number of benzene rings is 1. The van der Waals surface area contributed by atoms with Crippen molar-refractivity contribution < 1.29 is 0 Å². The molecule has 3 heteroatoms. The molecule has 0 aromatic heterocycles. The molecule has 0 aliphatic carbocycles. The van der Waals surface area contributed by atoms with E-state index in [9.17, 15) is 0 Å². The molecule has 1 aliphatic rings. The molecule has 0 spiro atoms. The van der Waals surface area contributed by atoms with Crippen molar-refractivity contribution in [2.45, 2.75) is 18.8 Å². The first-order valence-corrected chi connectivity index (χ1v) is 7.58. The van der Waals surface area contributed by atoms with Crippen LogP contribution in [-0.2, 0) is 0 Å². The van der Waals surface area contributed by atoms with E-state index < -0.39 is 0 Å². The number of halogens is 1. The van der Waals surface area contributed by atoms with Crippen LogP contribution in [0.5, 0.6) is 0 Å². The second-order valence-electron chi connectivity index (χ2n) is 5.36. The summed E-state index contributed by atoms with van der Waals surface area (Å²) in [5, 5.41) is 3.37. The number of hydrogen-bond acceptors (Lipinski definition) is 2. The molecule has 1 heterocycles. The largest absolute Gasteiger partial charge is 0.319 e. The van der Waals surface area contributed by atoms with Gasteiger partial charge in [0.05, 0.1) is 0 Å². The first-order valence-electron chi connectivity index (χ1n) is 6.79. The van der Waals surface area contributed by atoms with Crippen molar-refractivity contribution in [1.82, 2.24) is 10.2 Å². The lowest BCUT2D eigenvalue weighted by molar-refractivity contribution is 0.197. The molecule has 100 valence electrons. The zero-order chi connectivity index (χ0) is 13.0. The topological polar surface area (TPSA) is 15.3 Å². The Balaban J connectivity index is 2.12. The fraction of sp³-hybridized carbons (Fsp3) is 0.600. The molecule has 0 saturated carbocycles. The van der Waals surface area contributed by atoms with Crippen LogP contribution in [0.1, 0.15) is 24.3 Å². The van der Waals surface area contributed by atoms with E-state index in [-0.39, 0.29) is 0 Å². The summed E-state index contributed by atoms with van der Waals surface area (Å²) in [6.07, 6.45) is 2.63. The minimum atomic E-state index is 0.640. The highest BCUT2D eigenvalue weighted by molar-refractivity contribution is 9.10. The molecule has 1 fully saturated rings. The summed E-state index contributed by atoms with van der Waals surface area (Å²) in [5.41, 5.74) is 1.47. The lowest BCUT2D eigenvalue weighted by Crippen LogP contribution is -2.35. The Bertz CT molecular complexity index is 373. The van der Waals surface area contributed by atoms with Crippen LogP contribution in [0.2, 0.25) is 0 Å². The van der Waals surface area contributed by atoms with Gasteiger partial charge in [-0.3, -0.25) is 0 Å². The van der Waals surface area contributed by atoms with Crippen molar-refractivity contribution in [3.05, 3.63) is 34.3 Å². The second-order valence-corrected chi connectivity index (χ2v) is 6.28. The van der Waals surface area contributed by atoms with Crippen LogP contribution >= 0.6 is 15.9 Å². The van der Waals surface area contributed by atoms with E-state index in [0.717, 1.165) is 12.5 Å². The van der Waals surface area contributed by atoms with Crippen LogP contribution in [0.3, 0.4) is 0 Å². The summed E-state index contributed by atoms with van der Waals surface area (Å²) in [6, 6.07) is 8.80. The van der Waals surface area contributed by atoms with Crippen molar-refractivity contribution in [2.75, 3.05) is 33.7 Å². The predicted molar refractivity (Wildman–Crippen MR) is 81.0 cm³/mol. The monoisotopic (exact) mass is 310 g/mol. The van der Waals surface area contributed by atoms with Gasteiger partial charge in [0.25, 0.3) is 0 Å². The molecule has 0 amide bonds. The van der Waals surface area contributed by atoms with Gasteiger partial charge in [-0.2, -0.15) is 0 Å². The second kappa shape index (κ2) is 6.69. The summed E-state index contributed by atoms with van der Waals surface area (Å²) in [4.78, 5) is 2.44. The molecule has 1 atom stereocenters. The Kier molecular flexibility index (Phi) is 5.22. The van der Waals surface area contributed by atoms with E-state index in [2.05, 4.69) is 64.5 Å². The molecule has 1 aromatic rings. The number of likely N-dealkylation sites (tertiary alicyclic amines) is 1. The highest BCUT2D eigenvalue weighted by Crippen LogP contribution is 2.33. The van der Waals surface area contributed by atoms with E-state index in [1.807, 2.05) is 0 Å². The van der Waals surface area contributed by atoms with Gasteiger partial charge in [0.15, 0.2) is 0 Å². The zero-order valence-electron chi connectivity index (χ0n) is 11.3. The van der Waals surface area contributed by atoms with Crippen molar-refractivity contribution in [1.29, 1.82) is 0 Å². The highest BCUT2D eigenvalue weighted by Gasteiger charge is 2.26. The van der Waals surface area contributed by atoms with E-state index >= 15 is 0 Å². The maximum Gasteiger partial charge on any atom is 0.0178 e. The number of nitrogens with one attached hydrogen (secondary N) is 1. The standard InChI is InChI=1S/C15H23BrN2/c1-17-11-15(12-6-8-18(2)9-7-12)13-4-3-5-14(16)10-13/h3-5,10,12,15,17H,6-9,11H2,1-2H3. The van der Waals surface area contributed by atoms with Crippen LogP contribution in [0.4, 0.5) is 0 Å². The maximum atomic E-state index is 3.59. The first-order chi connectivity index (χ1) is 8.70. The highest BCUT2D eigenvalue weighted by atomic mass is 79.9. The maximum absolute atomic E-state index is 3.59. The molecule has 0 radical (unpaired) electrons. The van der Waals surface area contributed by atoms with Crippen molar-refractivity contribution in [3.8, 4) is 0 Å². The van der Waals surface area contributed by atoms with Crippen LogP contribution in [-0.4, -0.2) is 38.6 Å². The SMILES string of the molecule is CNCC(c1cccc(Br)c1)C1CCN(C)CC1. The number of piperidine rings is 1. The van der Waals surface area contributed by atoms with Crippen molar-refractivity contribution in [3.63, 3.8) is 0 Å². The third kappa shape index (κ3) is 3.56. The van der Waals surface area contributed by atoms with Gasteiger partial charge in [-0.15, -0.1) is 0 Å². The molecular formula is C15H23BrN2. The van der Waals surface area contributed by atoms with Crippen LogP contribution < -0.4 is 5.32 Å². The van der Waals surface area contributed by atoms with Crippen LogP contribution in [0.25, 0.3) is 0 Å². The van der Waals surface area contributed by atoms with E-state index in [1.54, 1.807) is 0 Å². The molecule has 0 bridgehead atoms. The number of hydrogen-bond donors (Lipinski definition) is 1. The van der Waals surface area contributed by atoms with Gasteiger partial charge in [-0.1, -0.05) is 28.1 Å². The third-order valence-corrected chi connectivity index (χ3v) is 4.53. The molecule has 1 aromatic carbocycles. The molecular weight excluding hydrogens is 288 g/mol. The smallest absolute Gasteiger partial charge is 0.0178 e. The summed E-state index contributed by atoms with van der Waals surface area (Å²) in [5.74, 6) is 1.45. The number of rotatable bonds is 4. The Morgan fingerprint density at radius 3 is 2.72 bits per heavy atom. The summed E-state index contributed by atoms with van der Waals surface area (Å²) < 4.78 is 1.19. The van der Waals surface area contributed by atoms with Crippen molar-refractivity contribution >= 4 is 15.9 Å². The van der Waals surface area contributed by atoms with E-state index in [1.165, 1.54) is 36.0 Å². The molecule has 1 unspecified atom stereocenters. The lowest BCUT2D eigenvalue weighted by atomic mass is 9.80. The summed E-state index contributed by atoms with van der Waals surface area (Å²) in [7, 11) is 4.28. The summed E-state index contributed by atoms with van der Waals surface area (Å²) >= 11 is 3.59. The molecule has 2 rings (SSSR count). The van der Waals surface area contributed by atoms with Crippen molar-refractivity contribution in [2.24, 2.45) is 5.92 Å². The normalized spacial score (nSPS) is 19.9. The van der Waals surface area contributed by atoms with Gasteiger partial charge in [0.2, 0.25) is 0 Å². The number of likely N-dealkylation sites (N-methyl/N-ethyl adjacent to an activating group) is 1. The van der Waals surface area contributed by atoms with Crippen LogP contribution in [0.15, 0.2) is 28.7 Å². The van der Waals surface area contributed by atoms with Gasteiger partial charge in [-0.05, 0) is 69.6 Å². The van der Waals surface area contributed by atoms with Gasteiger partial charge >= 0.3 is 0 Å². The van der Waals surface area contributed by atoms with Gasteiger partial charge in [0.1, 0.15) is 0 Å². The fourth-order valence-corrected chi connectivity index (χ4v) is 3.36. The Labute approximate surface area is 119 Å². The zero-order valence-corrected chi connectivity index (χ0v) is 12.9. The molecule has 1 aliphatic heterocycles. The quantitative estimate of drug-likeness (QED) is 0.919. The molecule has 2 nitrogen and oxygen atoms in total. The average molecular weight is 311 g/mol. The van der Waals surface area contributed by atoms with E-state index in [4.69, 9.17) is 0 Å². The Morgan fingerprint density at radius 1 is 1.39 bits per heavy atom.